The average Bonchev–Trinajstić information content (AvgIpc) is 2.83. The van der Waals surface area contributed by atoms with E-state index < -0.39 is 5.82 Å². The highest BCUT2D eigenvalue weighted by Gasteiger charge is 2.26. The van der Waals surface area contributed by atoms with E-state index in [-0.39, 0.29) is 24.1 Å². The maximum absolute atomic E-state index is 13.8. The van der Waals surface area contributed by atoms with Crippen LogP contribution in [0.5, 0.6) is 0 Å². The molecule has 3 N–H and O–H groups in total. The lowest BCUT2D eigenvalue weighted by atomic mass is 10.0. The van der Waals surface area contributed by atoms with Crippen LogP contribution in [0, 0.1) is 23.6 Å². The Morgan fingerprint density at radius 2 is 2.30 bits per heavy atom. The van der Waals surface area contributed by atoms with Crippen molar-refractivity contribution in [1.82, 2.24) is 5.32 Å². The summed E-state index contributed by atoms with van der Waals surface area (Å²) in [5.74, 6) is 5.06. The highest BCUT2D eigenvalue weighted by atomic mass is 19.1. The third kappa shape index (κ3) is 3.37. The fourth-order valence-electron chi connectivity index (χ4n) is 2.54. The number of benzene rings is 1. The molecule has 1 amide bonds. The Balaban J connectivity index is 2.16. The summed E-state index contributed by atoms with van der Waals surface area (Å²) in [5.41, 5.74) is 5.95. The summed E-state index contributed by atoms with van der Waals surface area (Å²) in [6, 6.07) is 4.44. The van der Waals surface area contributed by atoms with Crippen LogP contribution >= 0.6 is 0 Å². The van der Waals surface area contributed by atoms with Gasteiger partial charge in [-0.2, -0.15) is 0 Å². The van der Waals surface area contributed by atoms with Crippen molar-refractivity contribution in [2.75, 3.05) is 6.54 Å². The third-order valence-corrected chi connectivity index (χ3v) is 3.72. The maximum Gasteiger partial charge on any atom is 0.254 e. The SMILES string of the molecule is CC1CCCC1NC(=O)c1cc(C#CCN)ccc1F. The molecule has 0 aromatic heterocycles. The molecule has 106 valence electrons. The molecule has 1 aliphatic rings. The molecule has 1 saturated carbocycles. The van der Waals surface area contributed by atoms with Crippen molar-refractivity contribution >= 4 is 5.91 Å². The van der Waals surface area contributed by atoms with Gasteiger partial charge in [-0.1, -0.05) is 25.2 Å². The number of carbonyl (C=O) groups excluding carboxylic acids is 1. The minimum atomic E-state index is -0.522. The van der Waals surface area contributed by atoms with E-state index in [0.717, 1.165) is 19.3 Å². The molecule has 1 aromatic rings. The monoisotopic (exact) mass is 274 g/mol. The number of hydrogen-bond acceptors (Lipinski definition) is 2. The molecule has 0 heterocycles. The van der Waals surface area contributed by atoms with E-state index in [0.29, 0.717) is 11.5 Å². The summed E-state index contributed by atoms with van der Waals surface area (Å²) >= 11 is 0. The van der Waals surface area contributed by atoms with Crippen LogP contribution in [-0.2, 0) is 0 Å². The van der Waals surface area contributed by atoms with Crippen LogP contribution in [0.15, 0.2) is 18.2 Å². The van der Waals surface area contributed by atoms with Gasteiger partial charge in [0.1, 0.15) is 5.82 Å². The van der Waals surface area contributed by atoms with Crippen molar-refractivity contribution in [1.29, 1.82) is 0 Å². The Bertz CT molecular complexity index is 559. The van der Waals surface area contributed by atoms with Gasteiger partial charge in [0.05, 0.1) is 12.1 Å². The van der Waals surface area contributed by atoms with E-state index >= 15 is 0 Å². The van der Waals surface area contributed by atoms with Crippen molar-refractivity contribution in [3.05, 3.63) is 35.1 Å². The molecule has 0 saturated heterocycles. The average molecular weight is 274 g/mol. The third-order valence-electron chi connectivity index (χ3n) is 3.72. The minimum Gasteiger partial charge on any atom is -0.349 e. The normalized spacial score (nSPS) is 21.1. The molecule has 2 unspecified atom stereocenters. The van der Waals surface area contributed by atoms with Gasteiger partial charge < -0.3 is 11.1 Å². The van der Waals surface area contributed by atoms with Gasteiger partial charge in [-0.25, -0.2) is 4.39 Å². The van der Waals surface area contributed by atoms with E-state index in [2.05, 4.69) is 24.1 Å². The van der Waals surface area contributed by atoms with E-state index in [9.17, 15) is 9.18 Å². The first-order valence-electron chi connectivity index (χ1n) is 6.91. The van der Waals surface area contributed by atoms with E-state index in [1.54, 1.807) is 6.07 Å². The highest BCUT2D eigenvalue weighted by Crippen LogP contribution is 2.25. The summed E-state index contributed by atoms with van der Waals surface area (Å²) in [5, 5.41) is 2.92. The van der Waals surface area contributed by atoms with Crippen molar-refractivity contribution in [2.24, 2.45) is 11.7 Å². The maximum atomic E-state index is 13.8. The van der Waals surface area contributed by atoms with Crippen molar-refractivity contribution in [2.45, 2.75) is 32.2 Å². The van der Waals surface area contributed by atoms with Gasteiger partial charge in [0.15, 0.2) is 0 Å². The van der Waals surface area contributed by atoms with Crippen molar-refractivity contribution in [3.8, 4) is 11.8 Å². The number of hydrogen-bond donors (Lipinski definition) is 2. The van der Waals surface area contributed by atoms with Gasteiger partial charge in [-0.05, 0) is 37.0 Å². The summed E-state index contributed by atoms with van der Waals surface area (Å²) in [7, 11) is 0. The number of halogens is 1. The number of carbonyl (C=O) groups is 1. The molecule has 0 radical (unpaired) electrons. The van der Waals surface area contributed by atoms with Crippen LogP contribution in [0.2, 0.25) is 0 Å². The quantitative estimate of drug-likeness (QED) is 0.811. The van der Waals surface area contributed by atoms with Gasteiger partial charge in [0, 0.05) is 11.6 Å². The second kappa shape index (κ2) is 6.53. The van der Waals surface area contributed by atoms with Gasteiger partial charge in [0.25, 0.3) is 5.91 Å². The lowest BCUT2D eigenvalue weighted by Crippen LogP contribution is -2.36. The molecule has 1 aromatic carbocycles. The molecular formula is C16H19FN2O. The second-order valence-electron chi connectivity index (χ2n) is 5.19. The Kier molecular flexibility index (Phi) is 4.75. The molecule has 1 fully saturated rings. The zero-order valence-corrected chi connectivity index (χ0v) is 11.6. The fourth-order valence-corrected chi connectivity index (χ4v) is 2.54. The molecule has 2 atom stereocenters. The number of rotatable bonds is 2. The Hall–Kier alpha value is -1.86. The molecule has 0 bridgehead atoms. The van der Waals surface area contributed by atoms with E-state index in [1.807, 2.05) is 0 Å². The predicted molar refractivity (Wildman–Crippen MR) is 76.6 cm³/mol. The summed E-state index contributed by atoms with van der Waals surface area (Å²) in [6.07, 6.45) is 3.17. The second-order valence-corrected chi connectivity index (χ2v) is 5.19. The molecular weight excluding hydrogens is 255 g/mol. The van der Waals surface area contributed by atoms with Crippen LogP contribution < -0.4 is 11.1 Å². The predicted octanol–water partition coefficient (Wildman–Crippen LogP) is 2.05. The lowest BCUT2D eigenvalue weighted by molar-refractivity contribution is 0.0925. The molecule has 0 aliphatic heterocycles. The molecule has 20 heavy (non-hydrogen) atoms. The van der Waals surface area contributed by atoms with Gasteiger partial charge in [-0.15, -0.1) is 0 Å². The molecule has 3 nitrogen and oxygen atoms in total. The summed E-state index contributed by atoms with van der Waals surface area (Å²) < 4.78 is 13.8. The zero-order chi connectivity index (χ0) is 14.5. The van der Waals surface area contributed by atoms with Crippen LogP contribution in [0.4, 0.5) is 4.39 Å². The highest BCUT2D eigenvalue weighted by molar-refractivity contribution is 5.95. The number of nitrogens with one attached hydrogen (secondary N) is 1. The zero-order valence-electron chi connectivity index (χ0n) is 11.6. The van der Waals surface area contributed by atoms with Crippen molar-refractivity contribution < 1.29 is 9.18 Å². The molecule has 4 heteroatoms. The Morgan fingerprint density at radius 1 is 1.50 bits per heavy atom. The first kappa shape index (κ1) is 14.5. The van der Waals surface area contributed by atoms with Crippen LogP contribution in [0.3, 0.4) is 0 Å². The smallest absolute Gasteiger partial charge is 0.254 e. The van der Waals surface area contributed by atoms with Crippen LogP contribution in [0.25, 0.3) is 0 Å². The molecule has 2 rings (SSSR count). The Morgan fingerprint density at radius 3 is 2.95 bits per heavy atom. The standard InChI is InChI=1S/C16H19FN2O/c1-11-4-2-6-15(11)19-16(20)13-10-12(5-3-9-18)7-8-14(13)17/h7-8,10-11,15H,2,4,6,9,18H2,1H3,(H,19,20). The summed E-state index contributed by atoms with van der Waals surface area (Å²) in [4.78, 5) is 12.2. The lowest BCUT2D eigenvalue weighted by Gasteiger charge is -2.17. The van der Waals surface area contributed by atoms with Crippen molar-refractivity contribution in [3.63, 3.8) is 0 Å². The first-order chi connectivity index (χ1) is 9.61. The van der Waals surface area contributed by atoms with E-state index in [4.69, 9.17) is 5.73 Å². The van der Waals surface area contributed by atoms with Crippen LogP contribution in [0.1, 0.15) is 42.1 Å². The van der Waals surface area contributed by atoms with E-state index in [1.165, 1.54) is 12.1 Å². The first-order valence-corrected chi connectivity index (χ1v) is 6.91. The topological polar surface area (TPSA) is 55.1 Å². The fraction of sp³-hybridized carbons (Fsp3) is 0.438. The largest absolute Gasteiger partial charge is 0.349 e. The molecule has 0 spiro atoms. The van der Waals surface area contributed by atoms with Gasteiger partial charge in [-0.3, -0.25) is 4.79 Å². The number of nitrogens with two attached hydrogens (primary N) is 1. The van der Waals surface area contributed by atoms with Gasteiger partial charge in [0.2, 0.25) is 0 Å². The molecule has 1 aliphatic carbocycles. The number of amides is 1. The summed E-state index contributed by atoms with van der Waals surface area (Å²) in [6.45, 7) is 2.34. The Labute approximate surface area is 118 Å². The van der Waals surface area contributed by atoms with Gasteiger partial charge >= 0.3 is 0 Å². The van der Waals surface area contributed by atoms with Crippen LogP contribution in [-0.4, -0.2) is 18.5 Å². The minimum absolute atomic E-state index is 0.0490.